The normalized spacial score (nSPS) is 14.6. The number of hydrogen-bond acceptors (Lipinski definition) is 7. The molecule has 0 fully saturated rings. The van der Waals surface area contributed by atoms with Gasteiger partial charge in [-0.25, -0.2) is 0 Å². The fourth-order valence-corrected chi connectivity index (χ4v) is 3.21. The standard InChI is InChI=1S/C20H25NO6/c1-23-15-6-4-12(5-7-15)16(21)10-14(22)8-13-9-17(24-2)19-20(18(13)25-3)27-11-26-19/h4-7,9,14,16,22H,8,10-11,21H2,1-3H3/t14-,16-/m0/s1. The zero-order valence-corrected chi connectivity index (χ0v) is 15.7. The van der Waals surface area contributed by atoms with Gasteiger partial charge in [0.05, 0.1) is 27.4 Å². The Balaban J connectivity index is 1.74. The lowest BCUT2D eigenvalue weighted by molar-refractivity contribution is 0.154. The van der Waals surface area contributed by atoms with Crippen LogP contribution in [0.5, 0.6) is 28.7 Å². The van der Waals surface area contributed by atoms with Crippen molar-refractivity contribution in [2.75, 3.05) is 28.1 Å². The molecule has 0 amide bonds. The Morgan fingerprint density at radius 2 is 1.74 bits per heavy atom. The summed E-state index contributed by atoms with van der Waals surface area (Å²) in [5.74, 6) is 2.87. The van der Waals surface area contributed by atoms with E-state index >= 15 is 0 Å². The summed E-state index contributed by atoms with van der Waals surface area (Å²) in [6.07, 6.45) is 0.0767. The van der Waals surface area contributed by atoms with E-state index in [1.54, 1.807) is 27.4 Å². The Kier molecular flexibility index (Phi) is 5.93. The lowest BCUT2D eigenvalue weighted by Crippen LogP contribution is -2.21. The predicted octanol–water partition coefficient (Wildman–Crippen LogP) is 2.43. The lowest BCUT2D eigenvalue weighted by Gasteiger charge is -2.19. The van der Waals surface area contributed by atoms with E-state index in [1.165, 1.54) is 0 Å². The van der Waals surface area contributed by atoms with Crippen molar-refractivity contribution >= 4 is 0 Å². The topological polar surface area (TPSA) is 92.4 Å². The fraction of sp³-hybridized carbons (Fsp3) is 0.400. The van der Waals surface area contributed by atoms with Crippen molar-refractivity contribution in [2.24, 2.45) is 5.73 Å². The van der Waals surface area contributed by atoms with Gasteiger partial charge in [0.15, 0.2) is 11.5 Å². The van der Waals surface area contributed by atoms with Crippen LogP contribution in [0.3, 0.4) is 0 Å². The Morgan fingerprint density at radius 1 is 1.04 bits per heavy atom. The Bertz CT molecular complexity index is 777. The van der Waals surface area contributed by atoms with Gasteiger partial charge in [0, 0.05) is 18.0 Å². The molecule has 0 aromatic heterocycles. The number of aliphatic hydroxyl groups excluding tert-OH is 1. The number of hydrogen-bond donors (Lipinski definition) is 2. The largest absolute Gasteiger partial charge is 0.497 e. The minimum absolute atomic E-state index is 0.108. The quantitative estimate of drug-likeness (QED) is 0.732. The van der Waals surface area contributed by atoms with Crippen LogP contribution in [0.15, 0.2) is 30.3 Å². The summed E-state index contributed by atoms with van der Waals surface area (Å²) < 4.78 is 27.0. The summed E-state index contributed by atoms with van der Waals surface area (Å²) in [5.41, 5.74) is 7.96. The van der Waals surface area contributed by atoms with E-state index < -0.39 is 6.10 Å². The molecule has 0 spiro atoms. The Morgan fingerprint density at radius 3 is 2.37 bits per heavy atom. The molecule has 2 aromatic carbocycles. The van der Waals surface area contributed by atoms with Crippen LogP contribution in [0.2, 0.25) is 0 Å². The van der Waals surface area contributed by atoms with Crippen LogP contribution in [0.1, 0.15) is 23.6 Å². The van der Waals surface area contributed by atoms with Gasteiger partial charge in [0.2, 0.25) is 18.3 Å². The molecule has 0 bridgehead atoms. The molecule has 0 unspecified atom stereocenters. The Labute approximate surface area is 158 Å². The molecule has 1 aliphatic rings. The minimum atomic E-state index is -0.666. The first kappa shape index (κ1) is 19.1. The number of methoxy groups -OCH3 is 3. The number of aliphatic hydroxyl groups is 1. The van der Waals surface area contributed by atoms with Crippen LogP contribution in [0.4, 0.5) is 0 Å². The maximum Gasteiger partial charge on any atom is 0.231 e. The highest BCUT2D eigenvalue weighted by Crippen LogP contribution is 2.49. The molecule has 7 heteroatoms. The van der Waals surface area contributed by atoms with E-state index in [-0.39, 0.29) is 12.8 Å². The van der Waals surface area contributed by atoms with Crippen molar-refractivity contribution in [3.8, 4) is 28.7 Å². The van der Waals surface area contributed by atoms with E-state index in [0.29, 0.717) is 35.8 Å². The highest BCUT2D eigenvalue weighted by Gasteiger charge is 2.28. The van der Waals surface area contributed by atoms with Gasteiger partial charge in [-0.05, 0) is 30.2 Å². The van der Waals surface area contributed by atoms with Crippen molar-refractivity contribution in [1.29, 1.82) is 0 Å². The van der Waals surface area contributed by atoms with E-state index in [4.69, 9.17) is 29.4 Å². The van der Waals surface area contributed by atoms with Crippen LogP contribution in [0.25, 0.3) is 0 Å². The smallest absolute Gasteiger partial charge is 0.231 e. The molecule has 27 heavy (non-hydrogen) atoms. The van der Waals surface area contributed by atoms with Crippen LogP contribution in [-0.4, -0.2) is 39.3 Å². The van der Waals surface area contributed by atoms with Gasteiger partial charge in [-0.1, -0.05) is 12.1 Å². The van der Waals surface area contributed by atoms with Crippen molar-refractivity contribution in [3.63, 3.8) is 0 Å². The predicted molar refractivity (Wildman–Crippen MR) is 99.9 cm³/mol. The molecule has 3 rings (SSSR count). The first-order chi connectivity index (χ1) is 13.1. The van der Waals surface area contributed by atoms with Crippen molar-refractivity contribution in [3.05, 3.63) is 41.5 Å². The second-order valence-electron chi connectivity index (χ2n) is 6.31. The highest BCUT2D eigenvalue weighted by atomic mass is 16.7. The lowest BCUT2D eigenvalue weighted by atomic mass is 9.96. The summed E-state index contributed by atoms with van der Waals surface area (Å²) in [6, 6.07) is 9.02. The van der Waals surface area contributed by atoms with Crippen molar-refractivity contribution in [1.82, 2.24) is 0 Å². The zero-order valence-electron chi connectivity index (χ0n) is 15.7. The first-order valence-corrected chi connectivity index (χ1v) is 8.68. The first-order valence-electron chi connectivity index (χ1n) is 8.68. The molecule has 0 radical (unpaired) electrons. The maximum atomic E-state index is 10.6. The second-order valence-corrected chi connectivity index (χ2v) is 6.31. The van der Waals surface area contributed by atoms with Crippen LogP contribution >= 0.6 is 0 Å². The molecule has 0 saturated heterocycles. The third-order valence-corrected chi connectivity index (χ3v) is 4.59. The average Bonchev–Trinajstić information content (AvgIpc) is 3.17. The number of benzene rings is 2. The van der Waals surface area contributed by atoms with Gasteiger partial charge in [0.25, 0.3) is 0 Å². The molecular formula is C20H25NO6. The number of ether oxygens (including phenoxy) is 5. The molecule has 146 valence electrons. The summed E-state index contributed by atoms with van der Waals surface area (Å²) in [6.45, 7) is 0.108. The molecule has 7 nitrogen and oxygen atoms in total. The van der Waals surface area contributed by atoms with Gasteiger partial charge in [-0.2, -0.15) is 0 Å². The molecule has 0 saturated carbocycles. The highest BCUT2D eigenvalue weighted by molar-refractivity contribution is 5.64. The molecular weight excluding hydrogens is 350 g/mol. The Hall–Kier alpha value is -2.64. The van der Waals surface area contributed by atoms with Crippen molar-refractivity contribution in [2.45, 2.75) is 25.0 Å². The summed E-state index contributed by atoms with van der Waals surface area (Å²) in [5, 5.41) is 10.6. The van der Waals surface area contributed by atoms with Gasteiger partial charge < -0.3 is 34.5 Å². The van der Waals surface area contributed by atoms with Gasteiger partial charge in [0.1, 0.15) is 5.75 Å². The molecule has 2 atom stereocenters. The van der Waals surface area contributed by atoms with Crippen LogP contribution in [0, 0.1) is 0 Å². The number of fused-ring (bicyclic) bond motifs is 1. The molecule has 1 heterocycles. The van der Waals surface area contributed by atoms with Gasteiger partial charge in [-0.3, -0.25) is 0 Å². The third kappa shape index (κ3) is 4.04. The monoisotopic (exact) mass is 375 g/mol. The van der Waals surface area contributed by atoms with Crippen molar-refractivity contribution < 1.29 is 28.8 Å². The van der Waals surface area contributed by atoms with E-state index in [2.05, 4.69) is 0 Å². The molecule has 1 aliphatic heterocycles. The SMILES string of the molecule is COc1ccc([C@@H](N)C[C@@H](O)Cc2cc(OC)c3c(c2OC)OCO3)cc1. The number of nitrogens with two attached hydrogens (primary N) is 1. The van der Waals surface area contributed by atoms with Gasteiger partial charge in [-0.15, -0.1) is 0 Å². The summed E-state index contributed by atoms with van der Waals surface area (Å²) in [4.78, 5) is 0. The molecule has 2 aromatic rings. The van der Waals surface area contributed by atoms with Crippen LogP contribution in [-0.2, 0) is 6.42 Å². The van der Waals surface area contributed by atoms with E-state index in [1.807, 2.05) is 24.3 Å². The number of rotatable bonds is 8. The molecule has 3 N–H and O–H groups in total. The summed E-state index contributed by atoms with van der Waals surface area (Å²) in [7, 11) is 4.73. The van der Waals surface area contributed by atoms with E-state index in [9.17, 15) is 5.11 Å². The molecule has 0 aliphatic carbocycles. The fourth-order valence-electron chi connectivity index (χ4n) is 3.21. The summed E-state index contributed by atoms with van der Waals surface area (Å²) >= 11 is 0. The minimum Gasteiger partial charge on any atom is -0.497 e. The van der Waals surface area contributed by atoms with Gasteiger partial charge >= 0.3 is 0 Å². The van der Waals surface area contributed by atoms with E-state index in [0.717, 1.165) is 16.9 Å². The average molecular weight is 375 g/mol. The van der Waals surface area contributed by atoms with Crippen LogP contribution < -0.4 is 29.4 Å². The third-order valence-electron chi connectivity index (χ3n) is 4.59. The maximum absolute atomic E-state index is 10.6. The second kappa shape index (κ2) is 8.37. The zero-order chi connectivity index (χ0) is 19.4.